The van der Waals surface area contributed by atoms with Crippen molar-refractivity contribution in [1.29, 1.82) is 0 Å². The lowest BCUT2D eigenvalue weighted by Gasteiger charge is -2.10. The van der Waals surface area contributed by atoms with Crippen LogP contribution in [0.25, 0.3) is 0 Å². The third-order valence-corrected chi connectivity index (χ3v) is 3.10. The number of aliphatic hydroxyl groups is 1. The predicted molar refractivity (Wildman–Crippen MR) is 71.7 cm³/mol. The van der Waals surface area contributed by atoms with Crippen LogP contribution in [-0.4, -0.2) is 16.2 Å². The standard InChI is InChI=1S/C14H12BrF2NO/c15-10-1-2-13(18-8-10)7-14(19)5-9-3-11(16)6-12(17)4-9/h1-4,6,8,14,19H,5,7H2. The van der Waals surface area contributed by atoms with Gasteiger partial charge in [0, 0.05) is 28.9 Å². The highest BCUT2D eigenvalue weighted by atomic mass is 79.9. The van der Waals surface area contributed by atoms with E-state index >= 15 is 0 Å². The Labute approximate surface area is 118 Å². The summed E-state index contributed by atoms with van der Waals surface area (Å²) in [5.41, 5.74) is 1.16. The number of halogens is 3. The van der Waals surface area contributed by atoms with Crippen molar-refractivity contribution in [1.82, 2.24) is 4.98 Å². The molecule has 1 atom stereocenters. The van der Waals surface area contributed by atoms with Crippen molar-refractivity contribution in [2.24, 2.45) is 0 Å². The van der Waals surface area contributed by atoms with Crippen molar-refractivity contribution >= 4 is 15.9 Å². The van der Waals surface area contributed by atoms with Crippen LogP contribution in [0.4, 0.5) is 8.78 Å². The first-order valence-corrected chi connectivity index (χ1v) is 6.55. The predicted octanol–water partition coefficient (Wildman–Crippen LogP) is 3.27. The molecule has 0 bridgehead atoms. The molecular weight excluding hydrogens is 316 g/mol. The largest absolute Gasteiger partial charge is 0.392 e. The number of aliphatic hydroxyl groups excluding tert-OH is 1. The Hall–Kier alpha value is -1.33. The van der Waals surface area contributed by atoms with E-state index in [9.17, 15) is 13.9 Å². The maximum Gasteiger partial charge on any atom is 0.126 e. The fourth-order valence-corrected chi connectivity index (χ4v) is 2.08. The van der Waals surface area contributed by atoms with Gasteiger partial charge in [0.15, 0.2) is 0 Å². The van der Waals surface area contributed by atoms with Crippen molar-refractivity contribution in [3.63, 3.8) is 0 Å². The van der Waals surface area contributed by atoms with Crippen molar-refractivity contribution in [3.8, 4) is 0 Å². The minimum Gasteiger partial charge on any atom is -0.392 e. The number of hydrogen-bond acceptors (Lipinski definition) is 2. The zero-order chi connectivity index (χ0) is 13.8. The highest BCUT2D eigenvalue weighted by molar-refractivity contribution is 9.10. The minimum absolute atomic E-state index is 0.187. The molecule has 2 aromatic rings. The van der Waals surface area contributed by atoms with Gasteiger partial charge in [-0.25, -0.2) is 8.78 Å². The smallest absolute Gasteiger partial charge is 0.126 e. The molecule has 19 heavy (non-hydrogen) atoms. The second kappa shape index (κ2) is 6.21. The summed E-state index contributed by atoms with van der Waals surface area (Å²) < 4.78 is 26.9. The van der Waals surface area contributed by atoms with E-state index in [2.05, 4.69) is 20.9 Å². The average Bonchev–Trinajstić information content (AvgIpc) is 2.30. The van der Waals surface area contributed by atoms with Gasteiger partial charge in [0.05, 0.1) is 6.10 Å². The first kappa shape index (κ1) is 14.1. The van der Waals surface area contributed by atoms with Crippen LogP contribution in [0, 0.1) is 11.6 Å². The second-order valence-corrected chi connectivity index (χ2v) is 5.22. The topological polar surface area (TPSA) is 33.1 Å². The van der Waals surface area contributed by atoms with Crippen LogP contribution in [0.15, 0.2) is 41.0 Å². The fraction of sp³-hybridized carbons (Fsp3) is 0.214. The number of rotatable bonds is 4. The van der Waals surface area contributed by atoms with Crippen LogP contribution in [0.3, 0.4) is 0 Å². The Morgan fingerprint density at radius 1 is 1.11 bits per heavy atom. The molecule has 1 aromatic carbocycles. The lowest BCUT2D eigenvalue weighted by atomic mass is 10.0. The van der Waals surface area contributed by atoms with Gasteiger partial charge >= 0.3 is 0 Å². The lowest BCUT2D eigenvalue weighted by Crippen LogP contribution is -2.15. The molecule has 1 N–H and O–H groups in total. The quantitative estimate of drug-likeness (QED) is 0.934. The van der Waals surface area contributed by atoms with Crippen LogP contribution in [0.2, 0.25) is 0 Å². The zero-order valence-corrected chi connectivity index (χ0v) is 11.6. The molecule has 0 aliphatic carbocycles. The molecule has 0 amide bonds. The zero-order valence-electron chi connectivity index (χ0n) is 9.98. The summed E-state index contributed by atoms with van der Waals surface area (Å²) in [5, 5.41) is 9.91. The summed E-state index contributed by atoms with van der Waals surface area (Å²) in [5.74, 6) is -1.27. The van der Waals surface area contributed by atoms with Crippen molar-refractivity contribution in [2.45, 2.75) is 18.9 Å². The molecule has 2 nitrogen and oxygen atoms in total. The summed E-state index contributed by atoms with van der Waals surface area (Å²) in [6, 6.07) is 6.88. The van der Waals surface area contributed by atoms with Gasteiger partial charge in [0.25, 0.3) is 0 Å². The second-order valence-electron chi connectivity index (χ2n) is 4.31. The first-order chi connectivity index (χ1) is 9.02. The summed E-state index contributed by atoms with van der Waals surface area (Å²) in [6.45, 7) is 0. The molecule has 0 spiro atoms. The van der Waals surface area contributed by atoms with E-state index in [1.54, 1.807) is 12.3 Å². The summed E-state index contributed by atoms with van der Waals surface area (Å²) >= 11 is 3.27. The molecule has 0 saturated heterocycles. The molecule has 0 radical (unpaired) electrons. The Kier molecular flexibility index (Phi) is 4.61. The molecule has 1 aromatic heterocycles. The maximum atomic E-state index is 13.0. The van der Waals surface area contributed by atoms with Crippen LogP contribution in [0.1, 0.15) is 11.3 Å². The Morgan fingerprint density at radius 2 is 1.79 bits per heavy atom. The first-order valence-electron chi connectivity index (χ1n) is 5.76. The monoisotopic (exact) mass is 327 g/mol. The molecule has 2 rings (SSSR count). The van der Waals surface area contributed by atoms with Crippen LogP contribution in [0.5, 0.6) is 0 Å². The van der Waals surface area contributed by atoms with E-state index in [-0.39, 0.29) is 6.42 Å². The molecule has 0 saturated carbocycles. The molecule has 0 aliphatic heterocycles. The van der Waals surface area contributed by atoms with Gasteiger partial charge in [-0.2, -0.15) is 0 Å². The molecule has 1 heterocycles. The molecule has 0 fully saturated rings. The highest BCUT2D eigenvalue weighted by Crippen LogP contribution is 2.13. The Morgan fingerprint density at radius 3 is 2.37 bits per heavy atom. The Balaban J connectivity index is 2.00. The third kappa shape index (κ3) is 4.36. The number of nitrogens with zero attached hydrogens (tertiary/aromatic N) is 1. The molecule has 0 aliphatic rings. The van der Waals surface area contributed by atoms with Crippen molar-refractivity contribution in [3.05, 3.63) is 63.9 Å². The van der Waals surface area contributed by atoms with E-state index in [0.29, 0.717) is 12.0 Å². The SMILES string of the molecule is OC(Cc1cc(F)cc(F)c1)Cc1ccc(Br)cn1. The number of aromatic nitrogens is 1. The molecule has 5 heteroatoms. The van der Waals surface area contributed by atoms with Gasteiger partial charge in [-0.15, -0.1) is 0 Å². The third-order valence-electron chi connectivity index (χ3n) is 2.63. The van der Waals surface area contributed by atoms with Gasteiger partial charge < -0.3 is 5.11 Å². The molecule has 1 unspecified atom stereocenters. The maximum absolute atomic E-state index is 13.0. The lowest BCUT2D eigenvalue weighted by molar-refractivity contribution is 0.174. The van der Waals surface area contributed by atoms with E-state index in [1.807, 2.05) is 6.07 Å². The van der Waals surface area contributed by atoms with Crippen molar-refractivity contribution in [2.75, 3.05) is 0 Å². The van der Waals surface area contributed by atoms with Gasteiger partial charge in [-0.05, 0) is 52.2 Å². The summed E-state index contributed by atoms with van der Waals surface area (Å²) in [4.78, 5) is 4.14. The van der Waals surface area contributed by atoms with Crippen LogP contribution in [-0.2, 0) is 12.8 Å². The van der Waals surface area contributed by atoms with Gasteiger partial charge in [-0.1, -0.05) is 0 Å². The normalized spacial score (nSPS) is 12.4. The van der Waals surface area contributed by atoms with E-state index in [1.165, 1.54) is 12.1 Å². The van der Waals surface area contributed by atoms with Gasteiger partial charge in [0.2, 0.25) is 0 Å². The average molecular weight is 328 g/mol. The fourth-order valence-electron chi connectivity index (χ4n) is 1.84. The Bertz CT molecular complexity index is 540. The van der Waals surface area contributed by atoms with Gasteiger partial charge in [0.1, 0.15) is 11.6 Å². The molecule has 100 valence electrons. The number of benzene rings is 1. The van der Waals surface area contributed by atoms with Crippen LogP contribution < -0.4 is 0 Å². The van der Waals surface area contributed by atoms with Crippen LogP contribution >= 0.6 is 15.9 Å². The van der Waals surface area contributed by atoms with E-state index in [0.717, 1.165) is 16.2 Å². The van der Waals surface area contributed by atoms with Crippen molar-refractivity contribution < 1.29 is 13.9 Å². The minimum atomic E-state index is -0.727. The van der Waals surface area contributed by atoms with E-state index in [4.69, 9.17) is 0 Å². The van der Waals surface area contributed by atoms with Gasteiger partial charge in [-0.3, -0.25) is 4.98 Å². The highest BCUT2D eigenvalue weighted by Gasteiger charge is 2.10. The molecular formula is C14H12BrF2NO. The number of pyridine rings is 1. The number of hydrogen-bond donors (Lipinski definition) is 1. The summed E-state index contributed by atoms with van der Waals surface area (Å²) in [7, 11) is 0. The summed E-state index contributed by atoms with van der Waals surface area (Å²) in [6.07, 6.45) is 1.44. The van der Waals surface area contributed by atoms with E-state index < -0.39 is 17.7 Å².